The summed E-state index contributed by atoms with van der Waals surface area (Å²) in [6.07, 6.45) is -0.764. The van der Waals surface area contributed by atoms with Crippen LogP contribution < -0.4 is 15.4 Å². The fraction of sp³-hybridized carbons (Fsp3) is 0.263. The second-order valence-electron chi connectivity index (χ2n) is 6.80. The first-order valence-corrected chi connectivity index (χ1v) is 11.1. The number of ether oxygens (including phenoxy) is 1. The molecule has 1 atom stereocenters. The Morgan fingerprint density at radius 1 is 1.33 bits per heavy atom. The lowest BCUT2D eigenvalue weighted by molar-refractivity contribution is -0.122. The van der Waals surface area contributed by atoms with Gasteiger partial charge >= 0.3 is 0 Å². The number of benzene rings is 2. The molecule has 11 heteroatoms. The number of aryl methyl sites for hydroxylation is 1. The zero-order valence-corrected chi connectivity index (χ0v) is 18.7. The third-order valence-corrected chi connectivity index (χ3v) is 6.91. The maximum absolute atomic E-state index is 13.9. The number of anilines is 2. The van der Waals surface area contributed by atoms with Gasteiger partial charge in [0.05, 0.1) is 22.8 Å². The van der Waals surface area contributed by atoms with E-state index in [4.69, 9.17) is 4.74 Å². The second kappa shape index (κ2) is 8.32. The number of carbonyl (C=O) groups is 2. The summed E-state index contributed by atoms with van der Waals surface area (Å²) in [5, 5.41) is 5.01. The molecule has 2 aromatic rings. The smallest absolute Gasteiger partial charge is 0.265 e. The van der Waals surface area contributed by atoms with Gasteiger partial charge in [-0.25, -0.2) is 12.8 Å². The Labute approximate surface area is 181 Å². The molecular formula is C19H19BrFN3O5S. The predicted octanol–water partition coefficient (Wildman–Crippen LogP) is 2.88. The summed E-state index contributed by atoms with van der Waals surface area (Å²) >= 11 is 3.12. The van der Waals surface area contributed by atoms with Gasteiger partial charge in [0, 0.05) is 17.6 Å². The Morgan fingerprint density at radius 3 is 2.70 bits per heavy atom. The van der Waals surface area contributed by atoms with Crippen LogP contribution in [0.3, 0.4) is 0 Å². The Bertz CT molecular complexity index is 1140. The van der Waals surface area contributed by atoms with Gasteiger partial charge in [0.15, 0.2) is 6.10 Å². The molecule has 1 heterocycles. The summed E-state index contributed by atoms with van der Waals surface area (Å²) in [5.41, 5.74) is 0.691. The van der Waals surface area contributed by atoms with E-state index in [1.807, 2.05) is 0 Å². The first kappa shape index (κ1) is 22.2. The minimum atomic E-state index is -4.06. The van der Waals surface area contributed by atoms with Gasteiger partial charge < -0.3 is 15.4 Å². The van der Waals surface area contributed by atoms with Gasteiger partial charge in [-0.3, -0.25) is 9.59 Å². The van der Waals surface area contributed by atoms with Crippen molar-refractivity contribution < 1.29 is 27.1 Å². The quantitative estimate of drug-likeness (QED) is 0.657. The van der Waals surface area contributed by atoms with Crippen LogP contribution >= 0.6 is 15.9 Å². The van der Waals surface area contributed by atoms with E-state index in [2.05, 4.69) is 26.6 Å². The Morgan fingerprint density at radius 2 is 2.03 bits per heavy atom. The zero-order valence-electron chi connectivity index (χ0n) is 16.3. The maximum atomic E-state index is 13.9. The highest BCUT2D eigenvalue weighted by Gasteiger charge is 2.30. The van der Waals surface area contributed by atoms with Crippen LogP contribution in [0.15, 0.2) is 39.7 Å². The maximum Gasteiger partial charge on any atom is 0.265 e. The van der Waals surface area contributed by atoms with Crippen molar-refractivity contribution in [3.8, 4) is 5.75 Å². The summed E-state index contributed by atoms with van der Waals surface area (Å²) < 4.78 is 46.8. The van der Waals surface area contributed by atoms with E-state index < -0.39 is 34.4 Å². The van der Waals surface area contributed by atoms with Crippen LogP contribution in [0.2, 0.25) is 0 Å². The number of hydrogen-bond donors (Lipinski definition) is 2. The summed E-state index contributed by atoms with van der Waals surface area (Å²) in [6.45, 7) is 2.59. The molecule has 3 rings (SSSR count). The van der Waals surface area contributed by atoms with Gasteiger partial charge in [-0.05, 0) is 43.7 Å². The molecule has 0 aliphatic carbocycles. The predicted molar refractivity (Wildman–Crippen MR) is 112 cm³/mol. The van der Waals surface area contributed by atoms with E-state index in [1.165, 1.54) is 31.3 Å². The standard InChI is InChI=1S/C19H19BrFN3O5S/c1-10-6-15-16(29-11(2)19(26)23-15)8-17(10)30(27,28)24(3)9-18(25)22-14-5-4-12(20)7-13(14)21/h4-8,11H,9H2,1-3H3,(H,22,25)(H,23,26). The van der Waals surface area contributed by atoms with Crippen molar-refractivity contribution in [1.29, 1.82) is 0 Å². The highest BCUT2D eigenvalue weighted by molar-refractivity contribution is 9.10. The van der Waals surface area contributed by atoms with Crippen molar-refractivity contribution >= 4 is 49.1 Å². The van der Waals surface area contributed by atoms with Gasteiger partial charge in [0.25, 0.3) is 5.91 Å². The molecule has 2 aromatic carbocycles. The number of hydrogen-bond acceptors (Lipinski definition) is 5. The van der Waals surface area contributed by atoms with E-state index in [0.29, 0.717) is 15.7 Å². The minimum absolute atomic E-state index is 0.0583. The second-order valence-corrected chi connectivity index (χ2v) is 9.73. The van der Waals surface area contributed by atoms with Gasteiger partial charge in [-0.2, -0.15) is 4.31 Å². The number of fused-ring (bicyclic) bond motifs is 1. The Hall–Kier alpha value is -2.50. The van der Waals surface area contributed by atoms with Crippen LogP contribution in [0.4, 0.5) is 15.8 Å². The molecule has 1 unspecified atom stereocenters. The van der Waals surface area contributed by atoms with E-state index in [9.17, 15) is 22.4 Å². The molecule has 0 aromatic heterocycles. The lowest BCUT2D eigenvalue weighted by Crippen LogP contribution is -2.36. The van der Waals surface area contributed by atoms with Gasteiger partial charge in [-0.1, -0.05) is 15.9 Å². The number of amides is 2. The lowest BCUT2D eigenvalue weighted by atomic mass is 10.1. The lowest BCUT2D eigenvalue weighted by Gasteiger charge is -2.25. The van der Waals surface area contributed by atoms with Crippen LogP contribution in [0.1, 0.15) is 12.5 Å². The molecule has 0 radical (unpaired) electrons. The monoisotopic (exact) mass is 499 g/mol. The topological polar surface area (TPSA) is 105 Å². The first-order chi connectivity index (χ1) is 14.0. The van der Waals surface area contributed by atoms with Crippen LogP contribution in [-0.4, -0.2) is 44.2 Å². The van der Waals surface area contributed by atoms with Crippen molar-refractivity contribution in [2.75, 3.05) is 24.2 Å². The van der Waals surface area contributed by atoms with Crippen LogP contribution in [0.5, 0.6) is 5.75 Å². The van der Waals surface area contributed by atoms with Crippen molar-refractivity contribution in [2.45, 2.75) is 24.8 Å². The number of likely N-dealkylation sites (N-methyl/N-ethyl adjacent to an activating group) is 1. The molecule has 2 N–H and O–H groups in total. The van der Waals surface area contributed by atoms with E-state index in [1.54, 1.807) is 19.9 Å². The van der Waals surface area contributed by atoms with Crippen LogP contribution in [0.25, 0.3) is 0 Å². The SMILES string of the molecule is Cc1cc2c(cc1S(=O)(=O)N(C)CC(=O)Nc1ccc(Br)cc1F)OC(C)C(=O)N2. The number of carbonyl (C=O) groups excluding carboxylic acids is 2. The summed E-state index contributed by atoms with van der Waals surface area (Å²) in [7, 11) is -2.81. The average molecular weight is 500 g/mol. The van der Waals surface area contributed by atoms with Crippen molar-refractivity contribution in [3.63, 3.8) is 0 Å². The van der Waals surface area contributed by atoms with Gasteiger partial charge in [-0.15, -0.1) is 0 Å². The minimum Gasteiger partial charge on any atom is -0.479 e. The largest absolute Gasteiger partial charge is 0.479 e. The third kappa shape index (κ3) is 4.47. The summed E-state index contributed by atoms with van der Waals surface area (Å²) in [4.78, 5) is 23.9. The number of sulfonamides is 1. The first-order valence-electron chi connectivity index (χ1n) is 8.82. The Balaban J connectivity index is 1.80. The van der Waals surface area contributed by atoms with E-state index in [-0.39, 0.29) is 22.2 Å². The van der Waals surface area contributed by atoms with E-state index >= 15 is 0 Å². The van der Waals surface area contributed by atoms with Crippen LogP contribution in [-0.2, 0) is 19.6 Å². The van der Waals surface area contributed by atoms with Crippen molar-refractivity contribution in [1.82, 2.24) is 4.31 Å². The molecule has 0 fully saturated rings. The molecule has 0 spiro atoms. The molecular weight excluding hydrogens is 481 g/mol. The molecule has 0 bridgehead atoms. The van der Waals surface area contributed by atoms with E-state index in [0.717, 1.165) is 4.31 Å². The number of rotatable bonds is 5. The Kier molecular flexibility index (Phi) is 6.16. The molecule has 30 heavy (non-hydrogen) atoms. The summed E-state index contributed by atoms with van der Waals surface area (Å²) in [6, 6.07) is 6.92. The number of halogens is 2. The third-order valence-electron chi connectivity index (χ3n) is 4.47. The highest BCUT2D eigenvalue weighted by Crippen LogP contribution is 2.35. The number of nitrogens with one attached hydrogen (secondary N) is 2. The molecule has 2 amide bonds. The highest BCUT2D eigenvalue weighted by atomic mass is 79.9. The molecule has 1 aliphatic rings. The van der Waals surface area contributed by atoms with Gasteiger partial charge in [0.2, 0.25) is 15.9 Å². The fourth-order valence-corrected chi connectivity index (χ4v) is 4.53. The van der Waals surface area contributed by atoms with Gasteiger partial charge in [0.1, 0.15) is 11.6 Å². The number of nitrogens with zero attached hydrogens (tertiary/aromatic N) is 1. The van der Waals surface area contributed by atoms with Crippen LogP contribution in [0, 0.1) is 12.7 Å². The molecule has 0 saturated heterocycles. The van der Waals surface area contributed by atoms with Crippen molar-refractivity contribution in [3.05, 3.63) is 46.2 Å². The molecule has 160 valence electrons. The zero-order chi connectivity index (χ0) is 22.2. The van der Waals surface area contributed by atoms with Crippen molar-refractivity contribution in [2.24, 2.45) is 0 Å². The fourth-order valence-electron chi connectivity index (χ4n) is 2.86. The normalized spacial score (nSPS) is 15.9. The average Bonchev–Trinajstić information content (AvgIpc) is 2.64. The molecule has 1 aliphatic heterocycles. The molecule has 0 saturated carbocycles. The summed E-state index contributed by atoms with van der Waals surface area (Å²) in [5.74, 6) is -1.45. The molecule has 8 nitrogen and oxygen atoms in total.